The van der Waals surface area contributed by atoms with E-state index in [9.17, 15) is 0 Å². The molecule has 2 heterocycles. The molecule has 6 nitrogen and oxygen atoms in total. The van der Waals surface area contributed by atoms with Crippen LogP contribution in [0.3, 0.4) is 0 Å². The average molecular weight is 384 g/mol. The van der Waals surface area contributed by atoms with Gasteiger partial charge in [-0.2, -0.15) is 0 Å². The molecule has 0 amide bonds. The Morgan fingerprint density at radius 2 is 1.93 bits per heavy atom. The van der Waals surface area contributed by atoms with E-state index in [1.807, 2.05) is 36.4 Å². The summed E-state index contributed by atoms with van der Waals surface area (Å²) in [5.74, 6) is 2.45. The molecule has 0 saturated carbocycles. The van der Waals surface area contributed by atoms with Gasteiger partial charge in [0.05, 0.1) is 26.9 Å². The number of rotatable bonds is 5. The van der Waals surface area contributed by atoms with Crippen molar-refractivity contribution in [1.29, 1.82) is 0 Å². The highest BCUT2D eigenvalue weighted by molar-refractivity contribution is 5.36. The molecule has 1 spiro atoms. The van der Waals surface area contributed by atoms with Crippen LogP contribution in [0.4, 0.5) is 0 Å². The molecule has 0 aromatic heterocycles. The summed E-state index contributed by atoms with van der Waals surface area (Å²) in [4.78, 5) is 2.44. The number of nitrogens with one attached hydrogen (secondary N) is 1. The van der Waals surface area contributed by atoms with Crippen molar-refractivity contribution in [2.24, 2.45) is 0 Å². The third kappa shape index (κ3) is 4.83. The Balaban J connectivity index is 1.39. The van der Waals surface area contributed by atoms with Crippen molar-refractivity contribution in [3.63, 3.8) is 0 Å². The van der Waals surface area contributed by atoms with Crippen molar-refractivity contribution in [1.82, 2.24) is 10.2 Å². The normalized spacial score (nSPS) is 23.3. The van der Waals surface area contributed by atoms with Crippen molar-refractivity contribution in [2.45, 2.75) is 12.1 Å². The molecule has 1 N–H and O–H groups in total. The van der Waals surface area contributed by atoms with Crippen LogP contribution in [0, 0.1) is 0 Å². The molecule has 0 aliphatic carbocycles. The molecule has 2 aromatic rings. The predicted molar refractivity (Wildman–Crippen MR) is 107 cm³/mol. The van der Waals surface area contributed by atoms with Gasteiger partial charge in [-0.05, 0) is 42.0 Å². The summed E-state index contributed by atoms with van der Waals surface area (Å²) in [6, 6.07) is 15.9. The summed E-state index contributed by atoms with van der Waals surface area (Å²) in [7, 11) is 1.66. The summed E-state index contributed by atoms with van der Waals surface area (Å²) in [6.07, 6.45) is 0. The lowest BCUT2D eigenvalue weighted by Crippen LogP contribution is -2.57. The Bertz CT molecular complexity index is 757. The number of ether oxygens (including phenoxy) is 4. The van der Waals surface area contributed by atoms with Crippen molar-refractivity contribution in [2.75, 3.05) is 53.1 Å². The Morgan fingerprint density at radius 1 is 1.07 bits per heavy atom. The van der Waals surface area contributed by atoms with E-state index in [0.717, 1.165) is 63.2 Å². The molecule has 0 unspecified atom stereocenters. The second-order valence-electron chi connectivity index (χ2n) is 7.40. The highest BCUT2D eigenvalue weighted by atomic mass is 16.5. The van der Waals surface area contributed by atoms with E-state index in [2.05, 4.69) is 22.3 Å². The zero-order valence-electron chi connectivity index (χ0n) is 16.4. The molecule has 4 rings (SSSR count). The Hall–Kier alpha value is -2.12. The molecule has 1 atom stereocenters. The van der Waals surface area contributed by atoms with Crippen LogP contribution in [0.25, 0.3) is 0 Å². The lowest BCUT2D eigenvalue weighted by atomic mass is 10.0. The van der Waals surface area contributed by atoms with E-state index in [1.54, 1.807) is 7.11 Å². The van der Waals surface area contributed by atoms with Gasteiger partial charge in [0.2, 0.25) is 0 Å². The zero-order chi connectivity index (χ0) is 19.2. The second kappa shape index (κ2) is 8.92. The molecule has 6 heteroatoms. The topological polar surface area (TPSA) is 52.2 Å². The molecule has 2 aromatic carbocycles. The Kier molecular flexibility index (Phi) is 6.12. The van der Waals surface area contributed by atoms with Crippen molar-refractivity contribution < 1.29 is 18.9 Å². The van der Waals surface area contributed by atoms with Crippen LogP contribution in [-0.2, 0) is 16.0 Å². The third-order valence-electron chi connectivity index (χ3n) is 5.16. The Labute approximate surface area is 166 Å². The van der Waals surface area contributed by atoms with Crippen molar-refractivity contribution in [3.05, 3.63) is 54.1 Å². The first-order chi connectivity index (χ1) is 13.7. The first-order valence-corrected chi connectivity index (χ1v) is 9.80. The molecule has 0 radical (unpaired) electrons. The molecular weight excluding hydrogens is 356 g/mol. The van der Waals surface area contributed by atoms with Crippen LogP contribution in [0.15, 0.2) is 48.5 Å². The Morgan fingerprint density at radius 3 is 2.79 bits per heavy atom. The van der Waals surface area contributed by atoms with Crippen LogP contribution < -0.4 is 14.8 Å². The van der Waals surface area contributed by atoms with Crippen molar-refractivity contribution >= 4 is 0 Å². The van der Waals surface area contributed by atoms with Crippen LogP contribution in [0.1, 0.15) is 5.56 Å². The number of morpholine rings is 1. The number of hydrogen-bond acceptors (Lipinski definition) is 6. The van der Waals surface area contributed by atoms with E-state index in [0.29, 0.717) is 6.61 Å². The number of nitrogens with zero attached hydrogens (tertiary/aromatic N) is 1. The van der Waals surface area contributed by atoms with Gasteiger partial charge in [0.15, 0.2) is 0 Å². The standard InChI is InChI=1S/C22H28N2O4/c1-25-19-5-7-20(8-6-19)28-21-4-2-3-18(13-21)14-24-10-12-27-22(16-24)15-23-9-11-26-17-22/h2-8,13,23H,9-12,14-17H2,1H3/t22-/m0/s1. The quantitative estimate of drug-likeness (QED) is 0.856. The molecule has 2 aliphatic heterocycles. The highest BCUT2D eigenvalue weighted by Gasteiger charge is 2.37. The minimum Gasteiger partial charge on any atom is -0.497 e. The molecule has 2 saturated heterocycles. The van der Waals surface area contributed by atoms with Crippen LogP contribution in [0.5, 0.6) is 17.2 Å². The lowest BCUT2D eigenvalue weighted by Gasteiger charge is -2.41. The molecular formula is C22H28N2O4. The number of hydrogen-bond donors (Lipinski definition) is 1. The fraction of sp³-hybridized carbons (Fsp3) is 0.455. The van der Waals surface area contributed by atoms with E-state index in [-0.39, 0.29) is 5.60 Å². The van der Waals surface area contributed by atoms with Gasteiger partial charge in [0.25, 0.3) is 0 Å². The molecule has 150 valence electrons. The maximum absolute atomic E-state index is 6.11. The van der Waals surface area contributed by atoms with E-state index in [4.69, 9.17) is 18.9 Å². The maximum Gasteiger partial charge on any atom is 0.127 e. The van der Waals surface area contributed by atoms with Gasteiger partial charge in [0, 0.05) is 32.7 Å². The van der Waals surface area contributed by atoms with Crippen LogP contribution in [-0.4, -0.2) is 63.6 Å². The number of benzene rings is 2. The predicted octanol–water partition coefficient (Wildman–Crippen LogP) is 2.68. The van der Waals surface area contributed by atoms with Gasteiger partial charge in [0.1, 0.15) is 22.8 Å². The second-order valence-corrected chi connectivity index (χ2v) is 7.40. The lowest BCUT2D eigenvalue weighted by molar-refractivity contribution is -0.135. The average Bonchev–Trinajstić information content (AvgIpc) is 2.94. The summed E-state index contributed by atoms with van der Waals surface area (Å²) in [6.45, 7) is 6.50. The fourth-order valence-electron chi connectivity index (χ4n) is 3.77. The molecule has 0 bridgehead atoms. The first-order valence-electron chi connectivity index (χ1n) is 9.80. The van der Waals surface area contributed by atoms with Crippen molar-refractivity contribution in [3.8, 4) is 17.2 Å². The van der Waals surface area contributed by atoms with Crippen LogP contribution >= 0.6 is 0 Å². The van der Waals surface area contributed by atoms with Gasteiger partial charge < -0.3 is 24.3 Å². The molecule has 2 fully saturated rings. The smallest absolute Gasteiger partial charge is 0.127 e. The maximum atomic E-state index is 6.11. The summed E-state index contributed by atoms with van der Waals surface area (Å²) < 4.78 is 23.1. The highest BCUT2D eigenvalue weighted by Crippen LogP contribution is 2.26. The van der Waals surface area contributed by atoms with E-state index in [1.165, 1.54) is 5.56 Å². The summed E-state index contributed by atoms with van der Waals surface area (Å²) >= 11 is 0. The molecule has 28 heavy (non-hydrogen) atoms. The SMILES string of the molecule is COc1ccc(Oc2cccc(CN3CCO[C@@]4(CNCCOC4)C3)c2)cc1. The van der Waals surface area contributed by atoms with E-state index >= 15 is 0 Å². The van der Waals surface area contributed by atoms with E-state index < -0.39 is 0 Å². The minimum atomic E-state index is -0.244. The van der Waals surface area contributed by atoms with Gasteiger partial charge >= 0.3 is 0 Å². The van der Waals surface area contributed by atoms with Gasteiger partial charge in [-0.1, -0.05) is 12.1 Å². The van der Waals surface area contributed by atoms with Crippen LogP contribution in [0.2, 0.25) is 0 Å². The fourth-order valence-corrected chi connectivity index (χ4v) is 3.77. The summed E-state index contributed by atoms with van der Waals surface area (Å²) in [5.41, 5.74) is 0.983. The largest absolute Gasteiger partial charge is 0.497 e. The zero-order valence-corrected chi connectivity index (χ0v) is 16.4. The monoisotopic (exact) mass is 384 g/mol. The minimum absolute atomic E-state index is 0.244. The number of methoxy groups -OCH3 is 1. The van der Waals surface area contributed by atoms with Gasteiger partial charge in [-0.25, -0.2) is 0 Å². The third-order valence-corrected chi connectivity index (χ3v) is 5.16. The first kappa shape index (κ1) is 19.2. The molecule has 2 aliphatic rings. The summed E-state index contributed by atoms with van der Waals surface area (Å²) in [5, 5.41) is 3.43. The van der Waals surface area contributed by atoms with Gasteiger partial charge in [-0.3, -0.25) is 4.90 Å². The van der Waals surface area contributed by atoms with Gasteiger partial charge in [-0.15, -0.1) is 0 Å².